The maximum atomic E-state index is 11.0. The second-order valence-electron chi connectivity index (χ2n) is 2.35. The highest BCUT2D eigenvalue weighted by atomic mass is 79.9. The highest BCUT2D eigenvalue weighted by Gasteiger charge is 2.25. The van der Waals surface area contributed by atoms with Crippen molar-refractivity contribution in [3.05, 3.63) is 0 Å². The van der Waals surface area contributed by atoms with E-state index in [4.69, 9.17) is 0 Å². The molecule has 0 atom stereocenters. The maximum absolute atomic E-state index is 11.0. The van der Waals surface area contributed by atoms with Crippen LogP contribution >= 0.6 is 15.9 Å². The SMILES string of the molecule is O=C1CN(C(=O)CBr)CC(=O)N1. The van der Waals surface area contributed by atoms with E-state index in [1.54, 1.807) is 0 Å². The lowest BCUT2D eigenvalue weighted by molar-refractivity contribution is -0.144. The molecule has 0 saturated carbocycles. The average Bonchev–Trinajstić information content (AvgIpc) is 2.01. The number of nitrogens with one attached hydrogen (secondary N) is 1. The van der Waals surface area contributed by atoms with E-state index in [1.165, 1.54) is 4.90 Å². The van der Waals surface area contributed by atoms with Crippen LogP contribution in [0.2, 0.25) is 0 Å². The number of imide groups is 1. The van der Waals surface area contributed by atoms with Gasteiger partial charge in [0, 0.05) is 0 Å². The molecule has 1 fully saturated rings. The van der Waals surface area contributed by atoms with Gasteiger partial charge in [0.15, 0.2) is 0 Å². The van der Waals surface area contributed by atoms with Crippen LogP contribution in [0.3, 0.4) is 0 Å². The van der Waals surface area contributed by atoms with Crippen LogP contribution in [0.4, 0.5) is 0 Å². The molecule has 6 heteroatoms. The summed E-state index contributed by atoms with van der Waals surface area (Å²) in [5.41, 5.74) is 0. The molecule has 0 aromatic carbocycles. The van der Waals surface area contributed by atoms with Gasteiger partial charge >= 0.3 is 0 Å². The molecular formula is C6H7BrN2O3. The van der Waals surface area contributed by atoms with E-state index in [-0.39, 0.29) is 24.3 Å². The zero-order chi connectivity index (χ0) is 9.14. The highest BCUT2D eigenvalue weighted by Crippen LogP contribution is 1.97. The van der Waals surface area contributed by atoms with Crippen LogP contribution in [0.5, 0.6) is 0 Å². The normalized spacial score (nSPS) is 17.6. The Morgan fingerprint density at radius 1 is 1.42 bits per heavy atom. The van der Waals surface area contributed by atoms with Crippen LogP contribution < -0.4 is 5.32 Å². The van der Waals surface area contributed by atoms with E-state index < -0.39 is 11.8 Å². The molecule has 12 heavy (non-hydrogen) atoms. The summed E-state index contributed by atoms with van der Waals surface area (Å²) in [6.07, 6.45) is 0. The van der Waals surface area contributed by atoms with Gasteiger partial charge in [0.25, 0.3) is 0 Å². The molecule has 0 aromatic rings. The van der Waals surface area contributed by atoms with Crippen molar-refractivity contribution in [2.24, 2.45) is 0 Å². The zero-order valence-electron chi connectivity index (χ0n) is 6.17. The number of nitrogens with zero attached hydrogens (tertiary/aromatic N) is 1. The van der Waals surface area contributed by atoms with Gasteiger partial charge in [-0.1, -0.05) is 15.9 Å². The van der Waals surface area contributed by atoms with Gasteiger partial charge < -0.3 is 4.90 Å². The molecule has 66 valence electrons. The minimum atomic E-state index is -0.430. The summed E-state index contributed by atoms with van der Waals surface area (Å²) in [6.45, 7) is -0.0631. The lowest BCUT2D eigenvalue weighted by atomic mass is 10.3. The Bertz CT molecular complexity index is 225. The van der Waals surface area contributed by atoms with Crippen LogP contribution in [0.25, 0.3) is 0 Å². The van der Waals surface area contributed by atoms with Crippen molar-refractivity contribution in [1.82, 2.24) is 10.2 Å². The van der Waals surface area contributed by atoms with Gasteiger partial charge in [0.2, 0.25) is 17.7 Å². The molecule has 1 N–H and O–H groups in total. The first-order chi connectivity index (χ1) is 5.63. The van der Waals surface area contributed by atoms with Crippen LogP contribution in [0.15, 0.2) is 0 Å². The van der Waals surface area contributed by atoms with Crippen LogP contribution in [0, 0.1) is 0 Å². The molecular weight excluding hydrogens is 228 g/mol. The molecule has 0 unspecified atom stereocenters. The Balaban J connectivity index is 2.61. The maximum Gasteiger partial charge on any atom is 0.246 e. The van der Waals surface area contributed by atoms with Crippen LogP contribution in [0.1, 0.15) is 0 Å². The lowest BCUT2D eigenvalue weighted by Crippen LogP contribution is -2.53. The summed E-state index contributed by atoms with van der Waals surface area (Å²) in [5, 5.41) is 2.23. The van der Waals surface area contributed by atoms with Gasteiger partial charge in [-0.15, -0.1) is 0 Å². The number of amides is 3. The largest absolute Gasteiger partial charge is 0.323 e. The molecule has 1 aliphatic rings. The first-order valence-electron chi connectivity index (χ1n) is 3.30. The third kappa shape index (κ3) is 2.04. The number of alkyl halides is 1. The van der Waals surface area contributed by atoms with Gasteiger partial charge in [-0.2, -0.15) is 0 Å². The molecule has 1 heterocycles. The molecule has 3 amide bonds. The number of halogens is 1. The van der Waals surface area contributed by atoms with E-state index in [9.17, 15) is 14.4 Å². The first kappa shape index (κ1) is 9.18. The third-order valence-electron chi connectivity index (χ3n) is 1.41. The fourth-order valence-corrected chi connectivity index (χ4v) is 1.25. The average molecular weight is 235 g/mol. The van der Waals surface area contributed by atoms with Gasteiger partial charge in [-0.05, 0) is 0 Å². The van der Waals surface area contributed by atoms with Crippen molar-refractivity contribution in [3.63, 3.8) is 0 Å². The zero-order valence-corrected chi connectivity index (χ0v) is 7.76. The summed E-state index contributed by atoms with van der Waals surface area (Å²) >= 11 is 2.96. The molecule has 1 aliphatic heterocycles. The van der Waals surface area contributed by atoms with E-state index in [0.717, 1.165) is 0 Å². The fraction of sp³-hybridized carbons (Fsp3) is 0.500. The quantitative estimate of drug-likeness (QED) is 0.461. The fourth-order valence-electron chi connectivity index (χ4n) is 0.898. The van der Waals surface area contributed by atoms with Crippen molar-refractivity contribution in [2.75, 3.05) is 18.4 Å². The number of carbonyl (C=O) groups excluding carboxylic acids is 3. The number of piperazine rings is 1. The van der Waals surface area contributed by atoms with Gasteiger partial charge in [0.1, 0.15) is 13.1 Å². The first-order valence-corrected chi connectivity index (χ1v) is 4.42. The number of carbonyl (C=O) groups is 3. The van der Waals surface area contributed by atoms with Gasteiger partial charge in [-0.25, -0.2) is 0 Å². The minimum absolute atomic E-state index is 0.0316. The molecule has 1 saturated heterocycles. The summed E-state index contributed by atoms with van der Waals surface area (Å²) in [7, 11) is 0. The smallest absolute Gasteiger partial charge is 0.246 e. The van der Waals surface area contributed by atoms with Crippen LogP contribution in [-0.4, -0.2) is 41.0 Å². The van der Waals surface area contributed by atoms with Crippen LogP contribution in [-0.2, 0) is 14.4 Å². The monoisotopic (exact) mass is 234 g/mol. The number of hydrogen-bond donors (Lipinski definition) is 1. The van der Waals surface area contributed by atoms with Crippen molar-refractivity contribution in [3.8, 4) is 0 Å². The van der Waals surface area contributed by atoms with E-state index >= 15 is 0 Å². The van der Waals surface area contributed by atoms with E-state index in [1.807, 2.05) is 0 Å². The Labute approximate surface area is 77.2 Å². The Hall–Kier alpha value is -0.910. The van der Waals surface area contributed by atoms with Crippen molar-refractivity contribution >= 4 is 33.7 Å². The second kappa shape index (κ2) is 3.66. The molecule has 0 spiro atoms. The van der Waals surface area contributed by atoms with E-state index in [2.05, 4.69) is 21.2 Å². The van der Waals surface area contributed by atoms with Gasteiger partial charge in [-0.3, -0.25) is 19.7 Å². The summed E-state index contributed by atoms with van der Waals surface area (Å²) in [6, 6.07) is 0. The van der Waals surface area contributed by atoms with Crippen molar-refractivity contribution < 1.29 is 14.4 Å². The molecule has 0 aromatic heterocycles. The molecule has 0 bridgehead atoms. The third-order valence-corrected chi connectivity index (χ3v) is 1.89. The highest BCUT2D eigenvalue weighted by molar-refractivity contribution is 9.09. The second-order valence-corrected chi connectivity index (χ2v) is 2.92. The molecule has 1 rings (SSSR count). The Morgan fingerprint density at radius 2 is 1.92 bits per heavy atom. The summed E-state index contributed by atoms with van der Waals surface area (Å²) in [5.74, 6) is -1.11. The molecule has 5 nitrogen and oxygen atoms in total. The van der Waals surface area contributed by atoms with Crippen molar-refractivity contribution in [2.45, 2.75) is 0 Å². The molecule has 0 aliphatic carbocycles. The predicted octanol–water partition coefficient (Wildman–Crippen LogP) is -1.13. The standard InChI is InChI=1S/C6H7BrN2O3/c7-1-6(12)9-2-4(10)8-5(11)3-9/h1-3H2,(H,8,10,11). The summed E-state index contributed by atoms with van der Waals surface area (Å²) < 4.78 is 0. The topological polar surface area (TPSA) is 66.5 Å². The van der Waals surface area contributed by atoms with Gasteiger partial charge in [0.05, 0.1) is 5.33 Å². The predicted molar refractivity (Wildman–Crippen MR) is 43.5 cm³/mol. The van der Waals surface area contributed by atoms with Crippen molar-refractivity contribution in [1.29, 1.82) is 0 Å². The van der Waals surface area contributed by atoms with E-state index in [0.29, 0.717) is 0 Å². The Kier molecular flexibility index (Phi) is 2.80. The summed E-state index contributed by atoms with van der Waals surface area (Å²) in [4.78, 5) is 33.7. The molecule has 0 radical (unpaired) electrons. The minimum Gasteiger partial charge on any atom is -0.323 e. The number of rotatable bonds is 1. The lowest BCUT2D eigenvalue weighted by Gasteiger charge is -2.24. The Morgan fingerprint density at radius 3 is 2.33 bits per heavy atom. The number of hydrogen-bond acceptors (Lipinski definition) is 3.